The molecule has 2 fully saturated rings. The lowest BCUT2D eigenvalue weighted by Crippen LogP contribution is -2.43. The van der Waals surface area contributed by atoms with E-state index in [-0.39, 0.29) is 23.2 Å². The number of nitrogens with one attached hydrogen (secondary N) is 1. The third-order valence-corrected chi connectivity index (χ3v) is 11.3. The third-order valence-electron chi connectivity index (χ3n) is 11.3. The molecule has 14 heteroatoms. The Morgan fingerprint density at radius 3 is 2.50 bits per heavy atom. The van der Waals surface area contributed by atoms with E-state index in [0.29, 0.717) is 42.5 Å². The molecule has 2 saturated heterocycles. The van der Waals surface area contributed by atoms with E-state index < -0.39 is 6.43 Å². The minimum absolute atomic E-state index is 0.00822. The van der Waals surface area contributed by atoms with Crippen molar-refractivity contribution in [3.63, 3.8) is 0 Å². The zero-order valence-electron chi connectivity index (χ0n) is 30.1. The fourth-order valence-electron chi connectivity index (χ4n) is 8.47. The van der Waals surface area contributed by atoms with Gasteiger partial charge in [0.25, 0.3) is 6.43 Å². The van der Waals surface area contributed by atoms with Crippen LogP contribution in [0.4, 0.5) is 20.3 Å². The van der Waals surface area contributed by atoms with Crippen molar-refractivity contribution in [3.05, 3.63) is 71.0 Å². The van der Waals surface area contributed by atoms with Crippen LogP contribution in [0.15, 0.2) is 48.6 Å². The predicted molar refractivity (Wildman–Crippen MR) is 197 cm³/mol. The highest BCUT2D eigenvalue weighted by molar-refractivity contribution is 5.90. The van der Waals surface area contributed by atoms with Crippen molar-refractivity contribution >= 4 is 23.2 Å². The number of fused-ring (bicyclic) bond motifs is 2. The molecule has 0 radical (unpaired) electrons. The van der Waals surface area contributed by atoms with Crippen LogP contribution in [-0.2, 0) is 31.2 Å². The number of alkyl halides is 2. The highest BCUT2D eigenvalue weighted by Crippen LogP contribution is 2.43. The molecule has 3 aromatic rings. The number of aryl methyl sites for hydroxylation is 2. The Hall–Kier alpha value is -4.72. The van der Waals surface area contributed by atoms with Gasteiger partial charge in [0, 0.05) is 100 Å². The molecule has 0 aliphatic carbocycles. The number of halogens is 2. The molecule has 0 atom stereocenters. The van der Waals surface area contributed by atoms with Crippen molar-refractivity contribution in [2.45, 2.75) is 70.9 Å². The Labute approximate surface area is 303 Å². The van der Waals surface area contributed by atoms with Gasteiger partial charge in [-0.15, -0.1) is 0 Å². The first-order valence-corrected chi connectivity index (χ1v) is 18.5. The number of amides is 1. The molecule has 4 aliphatic heterocycles. The minimum Gasteiger partial charge on any atom is -0.513 e. The molecule has 0 spiro atoms. The second-order valence-electron chi connectivity index (χ2n) is 14.7. The first-order chi connectivity index (χ1) is 25.1. The molecule has 278 valence electrons. The number of rotatable bonds is 8. The Kier molecular flexibility index (Phi) is 10.4. The number of aromatic nitrogens is 4. The van der Waals surface area contributed by atoms with Crippen LogP contribution in [0.25, 0.3) is 11.1 Å². The summed E-state index contributed by atoms with van der Waals surface area (Å²) in [5, 5.41) is 26.9. The molecule has 1 amide bonds. The van der Waals surface area contributed by atoms with Crippen LogP contribution in [0.2, 0.25) is 0 Å². The van der Waals surface area contributed by atoms with E-state index in [1.54, 1.807) is 49.3 Å². The number of nitrogens with two attached hydrogens (primary N) is 1. The van der Waals surface area contributed by atoms with Crippen LogP contribution >= 0.6 is 0 Å². The highest BCUT2D eigenvalue weighted by atomic mass is 19.3. The molecular formula is C38H50F2N10O2. The number of aliphatic hydroxyl groups excluding tert-OH is 1. The summed E-state index contributed by atoms with van der Waals surface area (Å²) >= 11 is 0. The summed E-state index contributed by atoms with van der Waals surface area (Å²) in [4.78, 5) is 21.2. The molecule has 7 rings (SSSR count). The molecule has 12 nitrogen and oxygen atoms in total. The van der Waals surface area contributed by atoms with E-state index in [2.05, 4.69) is 24.5 Å². The molecule has 2 aromatic heterocycles. The number of benzene rings is 1. The fraction of sp³-hybridized carbons (Fsp3) is 0.526. The first-order valence-electron chi connectivity index (χ1n) is 18.5. The van der Waals surface area contributed by atoms with Crippen molar-refractivity contribution in [1.82, 2.24) is 34.3 Å². The molecule has 0 saturated carbocycles. The normalized spacial score (nSPS) is 19.5. The number of anilines is 2. The van der Waals surface area contributed by atoms with Gasteiger partial charge in [-0.2, -0.15) is 10.2 Å². The van der Waals surface area contributed by atoms with Gasteiger partial charge >= 0.3 is 0 Å². The maximum absolute atomic E-state index is 14.6. The van der Waals surface area contributed by atoms with Crippen LogP contribution in [0, 0.1) is 11.3 Å². The third kappa shape index (κ3) is 7.30. The summed E-state index contributed by atoms with van der Waals surface area (Å²) in [6.45, 7) is 8.04. The van der Waals surface area contributed by atoms with Gasteiger partial charge in [0.15, 0.2) is 5.82 Å². The van der Waals surface area contributed by atoms with Crippen LogP contribution in [0.3, 0.4) is 0 Å². The summed E-state index contributed by atoms with van der Waals surface area (Å²) in [6.07, 6.45) is 11.2. The average Bonchev–Trinajstić information content (AvgIpc) is 3.76. The van der Waals surface area contributed by atoms with Crippen LogP contribution < -0.4 is 10.6 Å². The zero-order chi connectivity index (χ0) is 36.5. The number of carbonyl (C=O) groups excluding carboxylic acids is 1. The Morgan fingerprint density at radius 1 is 1.06 bits per heavy atom. The van der Waals surface area contributed by atoms with Crippen LogP contribution in [0.1, 0.15) is 73.9 Å². The number of nitrogens with zero attached hydrogens (tertiary/aromatic N) is 8. The van der Waals surface area contributed by atoms with Crippen molar-refractivity contribution in [1.29, 1.82) is 5.41 Å². The number of aliphatic hydroxyl groups is 1. The number of piperidine rings is 2. The van der Waals surface area contributed by atoms with Crippen molar-refractivity contribution in [2.24, 2.45) is 18.7 Å². The fourth-order valence-corrected chi connectivity index (χ4v) is 8.47. The smallest absolute Gasteiger partial charge is 0.264 e. The maximum atomic E-state index is 14.6. The van der Waals surface area contributed by atoms with E-state index in [4.69, 9.17) is 21.3 Å². The van der Waals surface area contributed by atoms with E-state index in [1.807, 2.05) is 11.0 Å². The van der Waals surface area contributed by atoms with E-state index in [0.717, 1.165) is 107 Å². The van der Waals surface area contributed by atoms with Gasteiger partial charge in [0.05, 0.1) is 24.5 Å². The lowest BCUT2D eigenvalue weighted by atomic mass is 9.92. The molecule has 0 bridgehead atoms. The van der Waals surface area contributed by atoms with Crippen LogP contribution in [-0.4, -0.2) is 96.9 Å². The lowest BCUT2D eigenvalue weighted by molar-refractivity contribution is -0.129. The van der Waals surface area contributed by atoms with Gasteiger partial charge in [0.2, 0.25) is 5.91 Å². The first kappa shape index (κ1) is 35.7. The summed E-state index contributed by atoms with van der Waals surface area (Å²) < 4.78 is 33.1. The molecule has 0 unspecified atom stereocenters. The second-order valence-corrected chi connectivity index (χ2v) is 14.7. The summed E-state index contributed by atoms with van der Waals surface area (Å²) in [7, 11) is 1.79. The predicted octanol–water partition coefficient (Wildman–Crippen LogP) is 5.45. The average molecular weight is 717 g/mol. The largest absolute Gasteiger partial charge is 0.513 e. The number of hydrogen-bond acceptors (Lipinski definition) is 8. The van der Waals surface area contributed by atoms with Gasteiger partial charge < -0.3 is 30.4 Å². The minimum atomic E-state index is -2.65. The Balaban J connectivity index is 1.08. The SMILES string of the molecule is CC(=O)N1CCc2c(c(N3CCCc4cc(-c5cnn(C)c5)c(C(F)F)cc43)nn2C2CCN(CC3CCN(C(=N)/C=C\C(N)=C\O)CC3)CC2)C1. The quantitative estimate of drug-likeness (QED) is 0.121. The summed E-state index contributed by atoms with van der Waals surface area (Å²) in [5.41, 5.74) is 11.0. The number of amidine groups is 1. The number of carbonyl (C=O) groups is 1. The number of likely N-dealkylation sites (tertiary alicyclic amines) is 2. The topological polar surface area (TPSA) is 136 Å². The highest BCUT2D eigenvalue weighted by Gasteiger charge is 2.35. The number of allylic oxidation sites excluding steroid dienone is 1. The zero-order valence-corrected chi connectivity index (χ0v) is 30.1. The lowest BCUT2D eigenvalue weighted by Gasteiger charge is -2.38. The van der Waals surface area contributed by atoms with E-state index in [1.165, 1.54) is 5.69 Å². The van der Waals surface area contributed by atoms with Crippen molar-refractivity contribution < 1.29 is 18.7 Å². The van der Waals surface area contributed by atoms with Crippen molar-refractivity contribution in [3.8, 4) is 11.1 Å². The van der Waals surface area contributed by atoms with Gasteiger partial charge in [-0.1, -0.05) is 0 Å². The molecular weight excluding hydrogens is 666 g/mol. The molecule has 1 aromatic carbocycles. The Bertz CT molecular complexity index is 1850. The van der Waals surface area contributed by atoms with E-state index >= 15 is 0 Å². The molecule has 6 heterocycles. The summed E-state index contributed by atoms with van der Waals surface area (Å²) in [5.74, 6) is 1.81. The van der Waals surface area contributed by atoms with Gasteiger partial charge in [-0.05, 0) is 79.9 Å². The van der Waals surface area contributed by atoms with Gasteiger partial charge in [-0.3, -0.25) is 19.6 Å². The van der Waals surface area contributed by atoms with E-state index in [9.17, 15) is 13.6 Å². The maximum Gasteiger partial charge on any atom is 0.264 e. The summed E-state index contributed by atoms with van der Waals surface area (Å²) in [6, 6.07) is 3.80. The van der Waals surface area contributed by atoms with Gasteiger partial charge in [-0.25, -0.2) is 8.78 Å². The monoisotopic (exact) mass is 716 g/mol. The second kappa shape index (κ2) is 15.1. The standard InChI is InChI=1S/C38H50F2N10O2/c1-25(52)48-17-11-34-33(23-48)38(49-12-3-4-27-18-31(28-20-43-45(2)22-28)32(37(39)40)19-35(27)49)44-50(34)30-9-13-46(14-10-30)21-26-7-15-47(16-8-26)36(42)6-5-29(41)24-51/h5-6,18-20,22,24,26,30,37,42,51H,3-4,7-17,21,23,41H2,1-2H3/b6-5-,29-24-,42-36?. The van der Waals surface area contributed by atoms with Crippen molar-refractivity contribution in [2.75, 3.05) is 50.7 Å². The van der Waals surface area contributed by atoms with Gasteiger partial charge in [0.1, 0.15) is 12.1 Å². The van der Waals surface area contributed by atoms with Crippen LogP contribution in [0.5, 0.6) is 0 Å². The molecule has 4 aliphatic rings. The Morgan fingerprint density at radius 2 is 1.83 bits per heavy atom. The molecule has 52 heavy (non-hydrogen) atoms. The molecule has 4 N–H and O–H groups in total. The number of hydrogen-bond donors (Lipinski definition) is 3.